The van der Waals surface area contributed by atoms with E-state index < -0.39 is 0 Å². The molecule has 2 amide bonds. The first-order valence-corrected chi connectivity index (χ1v) is 11.1. The number of hydrogen-bond donors (Lipinski definition) is 0. The molecule has 3 aromatic rings. The zero-order valence-electron chi connectivity index (χ0n) is 19.5. The summed E-state index contributed by atoms with van der Waals surface area (Å²) >= 11 is 0. The number of fused-ring (bicyclic) bond motifs is 1. The van der Waals surface area contributed by atoms with Crippen molar-refractivity contribution in [3.05, 3.63) is 46.4 Å². The molecule has 0 bridgehead atoms. The van der Waals surface area contributed by atoms with Gasteiger partial charge >= 0.3 is 0 Å². The van der Waals surface area contributed by atoms with Crippen molar-refractivity contribution in [2.45, 2.75) is 46.6 Å². The summed E-state index contributed by atoms with van der Waals surface area (Å²) in [5.74, 6) is 0.245. The van der Waals surface area contributed by atoms with E-state index in [1.807, 2.05) is 30.0 Å². The highest BCUT2D eigenvalue weighted by Gasteiger charge is 2.27. The Kier molecular flexibility index (Phi) is 6.04. The lowest BCUT2D eigenvalue weighted by atomic mass is 9.93. The van der Waals surface area contributed by atoms with Gasteiger partial charge in [-0.25, -0.2) is 4.63 Å². The average molecular weight is 438 g/mol. The summed E-state index contributed by atoms with van der Waals surface area (Å²) in [6, 6.07) is 5.96. The summed E-state index contributed by atoms with van der Waals surface area (Å²) in [5.41, 5.74) is 5.63. The first kappa shape index (κ1) is 22.0. The van der Waals surface area contributed by atoms with E-state index in [9.17, 15) is 9.59 Å². The Balaban J connectivity index is 1.41. The van der Waals surface area contributed by atoms with Gasteiger partial charge in [0.2, 0.25) is 5.91 Å². The van der Waals surface area contributed by atoms with Crippen LogP contribution in [0, 0.1) is 26.7 Å². The van der Waals surface area contributed by atoms with Crippen molar-refractivity contribution >= 4 is 22.7 Å². The number of amides is 2. The summed E-state index contributed by atoms with van der Waals surface area (Å²) in [5, 5.41) is 8.74. The molecule has 170 valence electrons. The minimum atomic E-state index is 0.0441. The van der Waals surface area contributed by atoms with Crippen LogP contribution in [0.4, 0.5) is 0 Å². The molecule has 1 unspecified atom stereocenters. The molecule has 1 aromatic carbocycles. The molecule has 0 radical (unpaired) electrons. The molecule has 0 spiro atoms. The van der Waals surface area contributed by atoms with Crippen LogP contribution in [0.25, 0.3) is 10.9 Å². The number of nitrogens with zero attached hydrogens (tertiary/aromatic N) is 5. The van der Waals surface area contributed by atoms with Crippen molar-refractivity contribution in [1.82, 2.24) is 24.7 Å². The zero-order valence-corrected chi connectivity index (χ0v) is 19.5. The topological polar surface area (TPSA) is 84.5 Å². The summed E-state index contributed by atoms with van der Waals surface area (Å²) in [7, 11) is 3.82. The number of benzene rings is 1. The van der Waals surface area contributed by atoms with E-state index in [0.717, 1.165) is 30.3 Å². The normalized spacial score (nSPS) is 16.5. The van der Waals surface area contributed by atoms with Crippen LogP contribution >= 0.6 is 0 Å². The lowest BCUT2D eigenvalue weighted by molar-refractivity contribution is -0.131. The lowest BCUT2D eigenvalue weighted by Gasteiger charge is -2.33. The molecule has 8 nitrogen and oxygen atoms in total. The van der Waals surface area contributed by atoms with Crippen molar-refractivity contribution in [2.75, 3.05) is 20.1 Å². The van der Waals surface area contributed by atoms with E-state index in [1.165, 1.54) is 11.3 Å². The van der Waals surface area contributed by atoms with Crippen LogP contribution in [0.3, 0.4) is 0 Å². The Bertz CT molecular complexity index is 1160. The molecule has 1 aliphatic heterocycles. The number of aryl methyl sites for hydroxylation is 3. The van der Waals surface area contributed by atoms with Gasteiger partial charge in [-0.2, -0.15) is 0 Å². The maximum absolute atomic E-state index is 13.3. The highest BCUT2D eigenvalue weighted by molar-refractivity contribution is 5.99. The van der Waals surface area contributed by atoms with Crippen LogP contribution in [-0.4, -0.2) is 56.6 Å². The Morgan fingerprint density at radius 1 is 1.22 bits per heavy atom. The highest BCUT2D eigenvalue weighted by Crippen LogP contribution is 2.27. The van der Waals surface area contributed by atoms with Gasteiger partial charge in [-0.3, -0.25) is 9.59 Å². The molecule has 1 fully saturated rings. The Labute approximate surface area is 188 Å². The zero-order chi connectivity index (χ0) is 23.0. The van der Waals surface area contributed by atoms with Crippen molar-refractivity contribution in [2.24, 2.45) is 13.0 Å². The van der Waals surface area contributed by atoms with E-state index in [4.69, 9.17) is 4.63 Å². The van der Waals surface area contributed by atoms with Crippen molar-refractivity contribution in [3.8, 4) is 0 Å². The molecule has 1 atom stereocenters. The monoisotopic (exact) mass is 437 g/mol. The average Bonchev–Trinajstić information content (AvgIpc) is 3.29. The van der Waals surface area contributed by atoms with E-state index in [-0.39, 0.29) is 17.7 Å². The molecular formula is C24H31N5O3. The predicted molar refractivity (Wildman–Crippen MR) is 121 cm³/mol. The van der Waals surface area contributed by atoms with Crippen LogP contribution in [0.15, 0.2) is 22.8 Å². The minimum Gasteiger partial charge on any atom is -0.348 e. The summed E-state index contributed by atoms with van der Waals surface area (Å²) in [6.45, 7) is 7.72. The third-order valence-electron chi connectivity index (χ3n) is 6.88. The quantitative estimate of drug-likeness (QED) is 0.611. The smallest absolute Gasteiger partial charge is 0.253 e. The van der Waals surface area contributed by atoms with Crippen LogP contribution in [0.2, 0.25) is 0 Å². The van der Waals surface area contributed by atoms with Gasteiger partial charge < -0.3 is 14.4 Å². The van der Waals surface area contributed by atoms with Crippen LogP contribution in [0.5, 0.6) is 0 Å². The first-order chi connectivity index (χ1) is 15.3. The highest BCUT2D eigenvalue weighted by atomic mass is 16.6. The van der Waals surface area contributed by atoms with Gasteiger partial charge in [0.15, 0.2) is 0 Å². The molecule has 0 N–H and O–H groups in total. The molecule has 2 aromatic heterocycles. The molecular weight excluding hydrogens is 406 g/mol. The number of likely N-dealkylation sites (tertiary alicyclic amines) is 1. The Morgan fingerprint density at radius 2 is 2.00 bits per heavy atom. The standard InChI is InChI=1S/C24H31N5O3/c1-15-17(3)28(5)22-9-8-19(12-20(15)22)24(31)29-10-6-7-18(13-29)11-23(30)27(4)14-21-16(2)25-32-26-21/h8-9,12,18H,6-7,10-11,13-14H2,1-5H3. The third kappa shape index (κ3) is 4.13. The molecule has 0 aliphatic carbocycles. The number of carbonyl (C=O) groups is 2. The molecule has 4 rings (SSSR count). The molecule has 8 heteroatoms. The van der Waals surface area contributed by atoms with Crippen molar-refractivity contribution in [1.29, 1.82) is 0 Å². The van der Waals surface area contributed by atoms with Gasteiger partial charge in [-0.15, -0.1) is 0 Å². The second-order valence-electron chi connectivity index (χ2n) is 9.01. The first-order valence-electron chi connectivity index (χ1n) is 11.1. The van der Waals surface area contributed by atoms with Crippen molar-refractivity contribution < 1.29 is 14.2 Å². The van der Waals surface area contributed by atoms with Gasteiger partial charge in [-0.05, 0) is 63.3 Å². The van der Waals surface area contributed by atoms with Gasteiger partial charge in [0.1, 0.15) is 11.4 Å². The molecule has 1 saturated heterocycles. The lowest BCUT2D eigenvalue weighted by Crippen LogP contribution is -2.41. The van der Waals surface area contributed by atoms with Crippen LogP contribution in [-0.2, 0) is 18.4 Å². The third-order valence-corrected chi connectivity index (χ3v) is 6.88. The van der Waals surface area contributed by atoms with Crippen LogP contribution in [0.1, 0.15) is 52.3 Å². The summed E-state index contributed by atoms with van der Waals surface area (Å²) in [4.78, 5) is 29.6. The second-order valence-corrected chi connectivity index (χ2v) is 9.01. The number of carbonyl (C=O) groups excluding carboxylic acids is 2. The molecule has 0 saturated carbocycles. The fourth-order valence-corrected chi connectivity index (χ4v) is 4.60. The fourth-order valence-electron chi connectivity index (χ4n) is 4.60. The van der Waals surface area contributed by atoms with Gasteiger partial charge in [-0.1, -0.05) is 10.3 Å². The van der Waals surface area contributed by atoms with Gasteiger partial charge in [0.05, 0.1) is 6.54 Å². The number of piperidine rings is 1. The summed E-state index contributed by atoms with van der Waals surface area (Å²) in [6.07, 6.45) is 2.27. The summed E-state index contributed by atoms with van der Waals surface area (Å²) < 4.78 is 6.88. The van der Waals surface area contributed by atoms with E-state index in [2.05, 4.69) is 35.8 Å². The number of rotatable bonds is 5. The molecule has 3 heterocycles. The predicted octanol–water partition coefficient (Wildman–Crippen LogP) is 3.39. The number of hydrogen-bond acceptors (Lipinski definition) is 5. The maximum Gasteiger partial charge on any atom is 0.253 e. The fraction of sp³-hybridized carbons (Fsp3) is 0.500. The van der Waals surface area contributed by atoms with E-state index in [0.29, 0.717) is 36.5 Å². The Hall–Kier alpha value is -3.16. The largest absolute Gasteiger partial charge is 0.348 e. The van der Waals surface area contributed by atoms with Crippen molar-refractivity contribution in [3.63, 3.8) is 0 Å². The number of aromatic nitrogens is 3. The second kappa shape index (κ2) is 8.76. The van der Waals surface area contributed by atoms with E-state index >= 15 is 0 Å². The minimum absolute atomic E-state index is 0.0441. The molecule has 32 heavy (non-hydrogen) atoms. The van der Waals surface area contributed by atoms with Crippen LogP contribution < -0.4 is 0 Å². The Morgan fingerprint density at radius 3 is 2.72 bits per heavy atom. The van der Waals surface area contributed by atoms with Gasteiger partial charge in [0, 0.05) is 55.8 Å². The SMILES string of the molecule is Cc1nonc1CN(C)C(=O)CC1CCCN(C(=O)c2ccc3c(c2)c(C)c(C)n3C)C1. The van der Waals surface area contributed by atoms with E-state index in [1.54, 1.807) is 11.9 Å². The molecule has 1 aliphatic rings. The van der Waals surface area contributed by atoms with Gasteiger partial charge in [0.25, 0.3) is 5.91 Å². The maximum atomic E-state index is 13.3.